The van der Waals surface area contributed by atoms with Gasteiger partial charge >= 0.3 is 0 Å². The largest absolute Gasteiger partial charge is 0.374 e. The Morgan fingerprint density at radius 1 is 1.44 bits per heavy atom. The molecule has 1 aromatic rings. The lowest BCUT2D eigenvalue weighted by atomic mass is 10.3. The second-order valence-corrected chi connectivity index (χ2v) is 4.72. The normalized spacial score (nSPS) is 10.7. The van der Waals surface area contributed by atoms with Gasteiger partial charge in [0.1, 0.15) is 10.7 Å². The Balaban J connectivity index is 2.63. The summed E-state index contributed by atoms with van der Waals surface area (Å²) in [5.41, 5.74) is 0.916. The maximum atomic E-state index is 11.4. The molecule has 0 aromatic carbocycles. The number of hydrogen-bond donors (Lipinski definition) is 2. The second-order valence-electron chi connectivity index (χ2n) is 3.96. The first-order valence-electron chi connectivity index (χ1n) is 6.19. The highest BCUT2D eigenvalue weighted by molar-refractivity contribution is 7.10. The minimum Gasteiger partial charge on any atom is -0.374 e. The fraction of sp³-hybridized carbons (Fsp3) is 0.727. The van der Waals surface area contributed by atoms with Crippen LogP contribution in [0, 0.1) is 0 Å². The summed E-state index contributed by atoms with van der Waals surface area (Å²) in [4.78, 5) is 13.5. The highest BCUT2D eigenvalue weighted by atomic mass is 32.1. The minimum absolute atomic E-state index is 0.0247. The molecule has 0 atom stereocenters. The highest BCUT2D eigenvalue weighted by Gasteiger charge is 2.14. The zero-order chi connectivity index (χ0) is 13.4. The Kier molecular flexibility index (Phi) is 6.59. The van der Waals surface area contributed by atoms with Crippen molar-refractivity contribution in [1.82, 2.24) is 19.8 Å². The first-order valence-corrected chi connectivity index (χ1v) is 6.96. The molecule has 1 heterocycles. The van der Waals surface area contributed by atoms with E-state index in [4.69, 9.17) is 0 Å². The number of rotatable bonds is 8. The number of amides is 1. The lowest BCUT2D eigenvalue weighted by Gasteiger charge is -2.19. The van der Waals surface area contributed by atoms with E-state index >= 15 is 0 Å². The molecule has 18 heavy (non-hydrogen) atoms. The van der Waals surface area contributed by atoms with Gasteiger partial charge in [0, 0.05) is 31.7 Å². The van der Waals surface area contributed by atoms with Gasteiger partial charge in [0.05, 0.1) is 6.54 Å². The minimum atomic E-state index is 0.0247. The van der Waals surface area contributed by atoms with Crippen LogP contribution in [0.4, 0.5) is 5.00 Å². The molecule has 1 rings (SSSR count). The van der Waals surface area contributed by atoms with Crippen molar-refractivity contribution < 1.29 is 4.79 Å². The van der Waals surface area contributed by atoms with Crippen LogP contribution in [0.25, 0.3) is 0 Å². The van der Waals surface area contributed by atoms with Crippen LogP contribution >= 0.6 is 11.5 Å². The van der Waals surface area contributed by atoms with Gasteiger partial charge in [0.15, 0.2) is 0 Å². The number of carbonyl (C=O) groups excluding carboxylic acids is 1. The van der Waals surface area contributed by atoms with Gasteiger partial charge in [-0.05, 0) is 19.9 Å². The molecule has 0 aliphatic carbocycles. The smallest absolute Gasteiger partial charge is 0.233 e. The van der Waals surface area contributed by atoms with Crippen molar-refractivity contribution in [3.8, 4) is 0 Å². The third kappa shape index (κ3) is 4.58. The monoisotopic (exact) mass is 271 g/mol. The van der Waals surface area contributed by atoms with E-state index in [1.54, 1.807) is 7.05 Å². The van der Waals surface area contributed by atoms with E-state index in [0.29, 0.717) is 13.1 Å². The molecule has 0 aliphatic heterocycles. The average molecular weight is 271 g/mol. The van der Waals surface area contributed by atoms with Crippen molar-refractivity contribution in [3.63, 3.8) is 0 Å². The molecular formula is C11H21N5OS. The van der Waals surface area contributed by atoms with Crippen LogP contribution in [-0.4, -0.2) is 47.1 Å². The summed E-state index contributed by atoms with van der Waals surface area (Å²) in [5.74, 6) is 0.0247. The standard InChI is InChI=1S/C11H21N5OS/c1-4-6-16(8-10(17)12-3)7-9-11(13-5-2)18-15-14-9/h13H,4-8H2,1-3H3,(H,12,17). The molecule has 0 radical (unpaired) electrons. The topological polar surface area (TPSA) is 70.2 Å². The number of carbonyl (C=O) groups is 1. The Hall–Kier alpha value is -1.21. The molecule has 0 spiro atoms. The van der Waals surface area contributed by atoms with E-state index in [0.717, 1.165) is 30.2 Å². The van der Waals surface area contributed by atoms with Gasteiger partial charge < -0.3 is 10.6 Å². The van der Waals surface area contributed by atoms with E-state index in [-0.39, 0.29) is 5.91 Å². The van der Waals surface area contributed by atoms with E-state index < -0.39 is 0 Å². The zero-order valence-corrected chi connectivity index (χ0v) is 12.0. The Morgan fingerprint density at radius 3 is 2.83 bits per heavy atom. The summed E-state index contributed by atoms with van der Waals surface area (Å²) in [6.45, 7) is 6.91. The molecule has 0 aliphatic rings. The third-order valence-corrected chi connectivity index (χ3v) is 3.18. The van der Waals surface area contributed by atoms with Gasteiger partial charge in [-0.3, -0.25) is 9.69 Å². The number of nitrogens with zero attached hydrogens (tertiary/aromatic N) is 3. The van der Waals surface area contributed by atoms with Gasteiger partial charge in [-0.1, -0.05) is 11.4 Å². The molecule has 0 unspecified atom stereocenters. The summed E-state index contributed by atoms with van der Waals surface area (Å²) >= 11 is 1.36. The van der Waals surface area contributed by atoms with Crippen LogP contribution in [0.1, 0.15) is 26.0 Å². The molecule has 0 fully saturated rings. The van der Waals surface area contributed by atoms with Gasteiger partial charge in [-0.2, -0.15) is 0 Å². The summed E-state index contributed by atoms with van der Waals surface area (Å²) in [7, 11) is 1.65. The first kappa shape index (κ1) is 14.8. The molecule has 6 nitrogen and oxygen atoms in total. The number of hydrogen-bond acceptors (Lipinski definition) is 6. The van der Waals surface area contributed by atoms with Gasteiger partial charge in [0.2, 0.25) is 5.91 Å². The number of anilines is 1. The number of aromatic nitrogens is 2. The summed E-state index contributed by atoms with van der Waals surface area (Å²) in [6.07, 6.45) is 1.01. The van der Waals surface area contributed by atoms with Crippen molar-refractivity contribution in [2.75, 3.05) is 32.0 Å². The highest BCUT2D eigenvalue weighted by Crippen LogP contribution is 2.19. The van der Waals surface area contributed by atoms with Gasteiger partial charge in [0.25, 0.3) is 0 Å². The van der Waals surface area contributed by atoms with Crippen molar-refractivity contribution in [2.45, 2.75) is 26.8 Å². The van der Waals surface area contributed by atoms with Crippen LogP contribution in [0.3, 0.4) is 0 Å². The van der Waals surface area contributed by atoms with Crippen LogP contribution < -0.4 is 10.6 Å². The molecule has 0 saturated heterocycles. The van der Waals surface area contributed by atoms with Crippen LogP contribution in [0.15, 0.2) is 0 Å². The Bertz CT molecular complexity index is 368. The Morgan fingerprint density at radius 2 is 2.22 bits per heavy atom. The average Bonchev–Trinajstić information content (AvgIpc) is 2.77. The van der Waals surface area contributed by atoms with E-state index in [9.17, 15) is 4.79 Å². The van der Waals surface area contributed by atoms with Crippen LogP contribution in [0.2, 0.25) is 0 Å². The Labute approximate surface area is 112 Å². The predicted molar refractivity (Wildman–Crippen MR) is 73.7 cm³/mol. The fourth-order valence-corrected chi connectivity index (χ4v) is 2.27. The summed E-state index contributed by atoms with van der Waals surface area (Å²) in [5, 5.41) is 11.0. The molecule has 0 saturated carbocycles. The van der Waals surface area contributed by atoms with E-state index in [2.05, 4.69) is 32.0 Å². The maximum Gasteiger partial charge on any atom is 0.233 e. The van der Waals surface area contributed by atoms with Gasteiger partial charge in [-0.25, -0.2) is 0 Å². The molecule has 102 valence electrons. The quantitative estimate of drug-likeness (QED) is 0.736. The lowest BCUT2D eigenvalue weighted by molar-refractivity contribution is -0.121. The molecule has 7 heteroatoms. The third-order valence-electron chi connectivity index (χ3n) is 2.45. The summed E-state index contributed by atoms with van der Waals surface area (Å²) in [6, 6.07) is 0. The SMILES string of the molecule is CCCN(CC(=O)NC)Cc1nnsc1NCC. The van der Waals surface area contributed by atoms with Crippen molar-refractivity contribution in [3.05, 3.63) is 5.69 Å². The van der Waals surface area contributed by atoms with Crippen molar-refractivity contribution in [2.24, 2.45) is 0 Å². The molecule has 0 bridgehead atoms. The predicted octanol–water partition coefficient (Wildman–Crippen LogP) is 0.928. The van der Waals surface area contributed by atoms with E-state index in [1.165, 1.54) is 11.5 Å². The maximum absolute atomic E-state index is 11.4. The number of nitrogens with one attached hydrogen (secondary N) is 2. The van der Waals surface area contributed by atoms with Gasteiger partial charge in [-0.15, -0.1) is 5.10 Å². The number of likely N-dealkylation sites (N-methyl/N-ethyl adjacent to an activating group) is 1. The van der Waals surface area contributed by atoms with E-state index in [1.807, 2.05) is 6.92 Å². The molecular weight excluding hydrogens is 250 g/mol. The first-order chi connectivity index (χ1) is 8.71. The fourth-order valence-electron chi connectivity index (χ4n) is 1.63. The molecule has 1 amide bonds. The molecule has 1 aromatic heterocycles. The molecule has 2 N–H and O–H groups in total. The zero-order valence-electron chi connectivity index (χ0n) is 11.2. The summed E-state index contributed by atoms with van der Waals surface area (Å²) < 4.78 is 3.96. The van der Waals surface area contributed by atoms with Crippen LogP contribution in [-0.2, 0) is 11.3 Å². The van der Waals surface area contributed by atoms with Crippen molar-refractivity contribution >= 4 is 22.4 Å². The van der Waals surface area contributed by atoms with Crippen molar-refractivity contribution in [1.29, 1.82) is 0 Å². The lowest BCUT2D eigenvalue weighted by Crippen LogP contribution is -2.35. The van der Waals surface area contributed by atoms with Crippen LogP contribution in [0.5, 0.6) is 0 Å². The second kappa shape index (κ2) is 7.99.